The largest absolute Gasteiger partial charge is 0.459 e. The van der Waals surface area contributed by atoms with Crippen LogP contribution in [0.2, 0.25) is 0 Å². The molecule has 2 atom stereocenters. The van der Waals surface area contributed by atoms with Gasteiger partial charge in [-0.1, -0.05) is 18.2 Å². The van der Waals surface area contributed by atoms with Crippen molar-refractivity contribution in [1.29, 1.82) is 0 Å². The molecule has 0 bridgehead atoms. The van der Waals surface area contributed by atoms with Gasteiger partial charge in [0.25, 0.3) is 0 Å². The molecule has 3 heterocycles. The van der Waals surface area contributed by atoms with Gasteiger partial charge < -0.3 is 9.32 Å². The van der Waals surface area contributed by atoms with E-state index < -0.39 is 0 Å². The predicted molar refractivity (Wildman–Crippen MR) is 85.6 cm³/mol. The van der Waals surface area contributed by atoms with Crippen molar-refractivity contribution >= 4 is 16.9 Å². The molecule has 1 aromatic carbocycles. The molecular weight excluding hydrogens is 276 g/mol. The molecule has 2 saturated heterocycles. The minimum Gasteiger partial charge on any atom is -0.459 e. The number of fused-ring (bicyclic) bond motifs is 2. The Hall–Kier alpha value is -1.81. The van der Waals surface area contributed by atoms with Crippen molar-refractivity contribution in [3.63, 3.8) is 0 Å². The molecule has 2 aromatic rings. The zero-order chi connectivity index (χ0) is 15.3. The van der Waals surface area contributed by atoms with Crippen LogP contribution in [0.25, 0.3) is 11.0 Å². The highest BCUT2D eigenvalue weighted by molar-refractivity contribution is 5.83. The summed E-state index contributed by atoms with van der Waals surface area (Å²) < 4.78 is 6.03. The second kappa shape index (κ2) is 5.13. The van der Waals surface area contributed by atoms with Crippen LogP contribution in [0.5, 0.6) is 0 Å². The topological polar surface area (TPSA) is 36.7 Å². The normalized spacial score (nSPS) is 25.9. The Morgan fingerprint density at radius 1 is 1.32 bits per heavy atom. The van der Waals surface area contributed by atoms with Crippen molar-refractivity contribution < 1.29 is 9.21 Å². The van der Waals surface area contributed by atoms with E-state index in [0.29, 0.717) is 6.04 Å². The molecule has 0 unspecified atom stereocenters. The molecule has 4 heteroatoms. The summed E-state index contributed by atoms with van der Waals surface area (Å²) in [6.07, 6.45) is 2.27. The molecule has 1 aromatic heterocycles. The van der Waals surface area contributed by atoms with Crippen LogP contribution in [0, 0.1) is 6.92 Å². The van der Waals surface area contributed by atoms with Gasteiger partial charge in [0.2, 0.25) is 5.91 Å². The van der Waals surface area contributed by atoms with Crippen LogP contribution in [-0.4, -0.2) is 40.9 Å². The molecule has 0 aliphatic carbocycles. The molecule has 116 valence electrons. The fraction of sp³-hybridized carbons (Fsp3) is 0.500. The van der Waals surface area contributed by atoms with Crippen molar-refractivity contribution in [1.82, 2.24) is 9.80 Å². The smallest absolute Gasteiger partial charge is 0.239 e. The maximum atomic E-state index is 12.5. The fourth-order valence-electron chi connectivity index (χ4n) is 3.90. The summed E-state index contributed by atoms with van der Waals surface area (Å²) in [4.78, 5) is 16.9. The van der Waals surface area contributed by atoms with Gasteiger partial charge in [-0.15, -0.1) is 0 Å². The van der Waals surface area contributed by atoms with Crippen molar-refractivity contribution in [2.75, 3.05) is 13.1 Å². The minimum atomic E-state index is -0.0537. The van der Waals surface area contributed by atoms with Crippen molar-refractivity contribution in [2.24, 2.45) is 0 Å². The Balaban J connectivity index is 1.61. The van der Waals surface area contributed by atoms with Crippen LogP contribution >= 0.6 is 0 Å². The van der Waals surface area contributed by atoms with Crippen molar-refractivity contribution in [3.8, 4) is 0 Å². The molecule has 2 fully saturated rings. The first-order valence-electron chi connectivity index (χ1n) is 8.16. The zero-order valence-electron chi connectivity index (χ0n) is 13.2. The van der Waals surface area contributed by atoms with Gasteiger partial charge in [0.05, 0.1) is 12.6 Å². The monoisotopic (exact) mass is 298 g/mol. The highest BCUT2D eigenvalue weighted by Gasteiger charge is 2.40. The molecule has 2 aliphatic heterocycles. The molecule has 0 saturated carbocycles. The average molecular weight is 298 g/mol. The molecule has 1 amide bonds. The second-order valence-electron chi connectivity index (χ2n) is 6.58. The van der Waals surface area contributed by atoms with Gasteiger partial charge in [0.15, 0.2) is 0 Å². The number of amides is 1. The van der Waals surface area contributed by atoms with Gasteiger partial charge in [-0.2, -0.15) is 0 Å². The van der Waals surface area contributed by atoms with Crippen LogP contribution in [0.1, 0.15) is 31.1 Å². The number of nitrogens with zero attached hydrogens (tertiary/aromatic N) is 2. The van der Waals surface area contributed by atoms with Crippen molar-refractivity contribution in [3.05, 3.63) is 35.6 Å². The lowest BCUT2D eigenvalue weighted by Gasteiger charge is -2.41. The van der Waals surface area contributed by atoms with Crippen LogP contribution in [0.15, 0.2) is 28.7 Å². The quantitative estimate of drug-likeness (QED) is 0.855. The summed E-state index contributed by atoms with van der Waals surface area (Å²) in [5, 5.41) is 1.18. The van der Waals surface area contributed by atoms with E-state index in [4.69, 9.17) is 4.42 Å². The lowest BCUT2D eigenvalue weighted by molar-refractivity contribution is -0.143. The third-order valence-corrected chi connectivity index (χ3v) is 5.30. The first-order valence-corrected chi connectivity index (χ1v) is 8.16. The van der Waals surface area contributed by atoms with Crippen molar-refractivity contribution in [2.45, 2.75) is 45.3 Å². The van der Waals surface area contributed by atoms with Gasteiger partial charge in [-0.05, 0) is 38.3 Å². The zero-order valence-corrected chi connectivity index (χ0v) is 13.2. The average Bonchev–Trinajstić information content (AvgIpc) is 3.11. The molecule has 2 aliphatic rings. The SMILES string of the molecule is Cc1c(CN2C[C@@H]3CCCN3C(=O)[C@H]2C)oc2ccccc12. The van der Waals surface area contributed by atoms with E-state index >= 15 is 0 Å². The van der Waals surface area contributed by atoms with Gasteiger partial charge in [-0.25, -0.2) is 0 Å². The fourth-order valence-corrected chi connectivity index (χ4v) is 3.90. The van der Waals surface area contributed by atoms with E-state index in [1.807, 2.05) is 25.1 Å². The molecule has 4 rings (SSSR count). The third kappa shape index (κ3) is 2.05. The summed E-state index contributed by atoms with van der Waals surface area (Å²) in [6, 6.07) is 8.49. The maximum Gasteiger partial charge on any atom is 0.239 e. The molecular formula is C18H22N2O2. The maximum absolute atomic E-state index is 12.5. The molecule has 0 N–H and O–H groups in total. The number of carbonyl (C=O) groups is 1. The highest BCUT2D eigenvalue weighted by Crippen LogP contribution is 2.30. The number of hydrogen-bond donors (Lipinski definition) is 0. The first-order chi connectivity index (χ1) is 10.6. The summed E-state index contributed by atoms with van der Waals surface area (Å²) >= 11 is 0. The van der Waals surface area contributed by atoms with Gasteiger partial charge >= 0.3 is 0 Å². The lowest BCUT2D eigenvalue weighted by Crippen LogP contribution is -2.58. The van der Waals surface area contributed by atoms with E-state index in [-0.39, 0.29) is 11.9 Å². The van der Waals surface area contributed by atoms with Gasteiger partial charge in [0, 0.05) is 24.5 Å². The summed E-state index contributed by atoms with van der Waals surface area (Å²) in [5.74, 6) is 1.27. The standard InChI is InChI=1S/C18H22N2O2/c1-12-15-7-3-4-8-16(15)22-17(12)11-19-10-14-6-5-9-20(14)18(21)13(19)2/h3-4,7-8,13-14H,5-6,9-11H2,1-2H3/t13-,14+/m1/s1. The second-order valence-corrected chi connectivity index (χ2v) is 6.58. The van der Waals surface area contributed by atoms with E-state index in [1.165, 1.54) is 10.9 Å². The summed E-state index contributed by atoms with van der Waals surface area (Å²) in [7, 11) is 0. The lowest BCUT2D eigenvalue weighted by atomic mass is 10.1. The third-order valence-electron chi connectivity index (χ3n) is 5.30. The highest BCUT2D eigenvalue weighted by atomic mass is 16.3. The van der Waals surface area contributed by atoms with E-state index in [1.54, 1.807) is 0 Å². The van der Waals surface area contributed by atoms with Crippen LogP contribution in [-0.2, 0) is 11.3 Å². The van der Waals surface area contributed by atoms with E-state index in [2.05, 4.69) is 22.8 Å². The number of furan rings is 1. The number of carbonyl (C=O) groups excluding carboxylic acids is 1. The Labute approximate surface area is 130 Å². The summed E-state index contributed by atoms with van der Waals surface area (Å²) in [5.41, 5.74) is 2.14. The van der Waals surface area contributed by atoms with Gasteiger partial charge in [-0.3, -0.25) is 9.69 Å². The number of benzene rings is 1. The van der Waals surface area contributed by atoms with Crippen LogP contribution in [0.3, 0.4) is 0 Å². The Morgan fingerprint density at radius 3 is 2.95 bits per heavy atom. The Bertz CT molecular complexity index is 721. The number of hydrogen-bond acceptors (Lipinski definition) is 3. The predicted octanol–water partition coefficient (Wildman–Crippen LogP) is 2.94. The molecule has 22 heavy (non-hydrogen) atoms. The Kier molecular flexibility index (Phi) is 3.22. The number of para-hydroxylation sites is 1. The first kappa shape index (κ1) is 13.8. The van der Waals surface area contributed by atoms with E-state index in [0.717, 1.165) is 43.8 Å². The number of aryl methyl sites for hydroxylation is 1. The minimum absolute atomic E-state index is 0.0537. The van der Waals surface area contributed by atoms with Crippen LogP contribution in [0.4, 0.5) is 0 Å². The van der Waals surface area contributed by atoms with E-state index in [9.17, 15) is 4.79 Å². The van der Waals surface area contributed by atoms with Gasteiger partial charge in [0.1, 0.15) is 11.3 Å². The number of piperazine rings is 1. The summed E-state index contributed by atoms with van der Waals surface area (Å²) in [6.45, 7) is 6.75. The van der Waals surface area contributed by atoms with Crippen LogP contribution < -0.4 is 0 Å². The Morgan fingerprint density at radius 2 is 2.14 bits per heavy atom. The molecule has 0 spiro atoms. The molecule has 4 nitrogen and oxygen atoms in total. The number of rotatable bonds is 2. The molecule has 0 radical (unpaired) electrons.